The third kappa shape index (κ3) is 6.19. The molecule has 0 aliphatic heterocycles. The van der Waals surface area contributed by atoms with Crippen molar-refractivity contribution in [3.63, 3.8) is 0 Å². The lowest BCUT2D eigenvalue weighted by Crippen LogP contribution is -2.32. The molecule has 1 aliphatic rings. The highest BCUT2D eigenvalue weighted by Crippen LogP contribution is 2.29. The molecule has 1 aliphatic carbocycles. The van der Waals surface area contributed by atoms with Gasteiger partial charge in [-0.2, -0.15) is 4.98 Å². The summed E-state index contributed by atoms with van der Waals surface area (Å²) in [5, 5.41) is 16.6. The Balaban J connectivity index is 1.28. The molecular formula is C24H31N5O3S. The van der Waals surface area contributed by atoms with E-state index in [-0.39, 0.29) is 6.61 Å². The molecule has 4 N–H and O–H groups in total. The quantitative estimate of drug-likeness (QED) is 0.360. The van der Waals surface area contributed by atoms with Crippen LogP contribution in [0.1, 0.15) is 25.7 Å². The number of aliphatic hydroxyl groups is 1. The molecular weight excluding hydrogens is 438 g/mol. The van der Waals surface area contributed by atoms with Gasteiger partial charge in [0.25, 0.3) is 0 Å². The maximum absolute atomic E-state index is 12.4. The van der Waals surface area contributed by atoms with Gasteiger partial charge in [-0.15, -0.1) is 0 Å². The zero-order valence-corrected chi connectivity index (χ0v) is 19.4. The Bertz CT molecular complexity index is 1150. The van der Waals surface area contributed by atoms with E-state index in [4.69, 9.17) is 5.11 Å². The molecule has 1 aromatic heterocycles. The molecule has 4 rings (SSSR count). The molecule has 33 heavy (non-hydrogen) atoms. The summed E-state index contributed by atoms with van der Waals surface area (Å²) in [5.74, 6) is 2.14. The molecule has 0 spiro atoms. The lowest BCUT2D eigenvalue weighted by Gasteiger charge is -2.28. The van der Waals surface area contributed by atoms with Crippen LogP contribution in [0.2, 0.25) is 0 Å². The summed E-state index contributed by atoms with van der Waals surface area (Å²) in [7, 11) is -3.45. The van der Waals surface area contributed by atoms with Crippen molar-refractivity contribution in [1.82, 2.24) is 14.7 Å². The van der Waals surface area contributed by atoms with Crippen molar-refractivity contribution in [2.45, 2.75) is 30.6 Å². The van der Waals surface area contributed by atoms with E-state index >= 15 is 0 Å². The zero-order chi connectivity index (χ0) is 23.1. The van der Waals surface area contributed by atoms with Crippen molar-refractivity contribution in [3.8, 4) is 0 Å². The first-order valence-corrected chi connectivity index (χ1v) is 12.9. The number of sulfonamides is 1. The Kier molecular flexibility index (Phi) is 7.74. The zero-order valence-electron chi connectivity index (χ0n) is 18.6. The molecule has 1 fully saturated rings. The lowest BCUT2D eigenvalue weighted by atomic mass is 9.82. The van der Waals surface area contributed by atoms with E-state index in [9.17, 15) is 8.42 Å². The van der Waals surface area contributed by atoms with Crippen LogP contribution in [0.15, 0.2) is 59.5 Å². The van der Waals surface area contributed by atoms with Gasteiger partial charge in [-0.25, -0.2) is 18.1 Å². The molecule has 0 bridgehead atoms. The molecule has 0 saturated heterocycles. The summed E-state index contributed by atoms with van der Waals surface area (Å²) < 4.78 is 27.6. The monoisotopic (exact) mass is 469 g/mol. The average molecular weight is 470 g/mol. The van der Waals surface area contributed by atoms with Crippen LogP contribution in [0.25, 0.3) is 10.9 Å². The van der Waals surface area contributed by atoms with Gasteiger partial charge >= 0.3 is 0 Å². The number of para-hydroxylation sites is 1. The minimum atomic E-state index is -3.45. The van der Waals surface area contributed by atoms with Gasteiger partial charge in [0, 0.05) is 25.0 Å². The van der Waals surface area contributed by atoms with E-state index in [0.717, 1.165) is 43.1 Å². The van der Waals surface area contributed by atoms with Crippen molar-refractivity contribution in [3.05, 3.63) is 54.6 Å². The van der Waals surface area contributed by atoms with Gasteiger partial charge in [-0.3, -0.25) is 0 Å². The van der Waals surface area contributed by atoms with Gasteiger partial charge in [0.15, 0.2) is 0 Å². The summed E-state index contributed by atoms with van der Waals surface area (Å²) in [5.41, 5.74) is 0.852. The molecule has 2 aromatic carbocycles. The van der Waals surface area contributed by atoms with Gasteiger partial charge in [-0.05, 0) is 61.8 Å². The first kappa shape index (κ1) is 23.4. The van der Waals surface area contributed by atoms with Crippen LogP contribution in [0, 0.1) is 11.8 Å². The number of anilines is 2. The van der Waals surface area contributed by atoms with Crippen LogP contribution in [-0.2, 0) is 10.0 Å². The molecule has 0 atom stereocenters. The van der Waals surface area contributed by atoms with Crippen LogP contribution in [0.3, 0.4) is 0 Å². The number of fused-ring (bicyclic) bond motifs is 1. The number of benzene rings is 2. The molecule has 1 heterocycles. The topological polar surface area (TPSA) is 116 Å². The SMILES string of the molecule is O=S(=O)(NCC1CCC(CNc2nc(NCCO)c3ccccc3n2)CC1)c1ccccc1. The van der Waals surface area contributed by atoms with E-state index in [1.807, 2.05) is 30.3 Å². The van der Waals surface area contributed by atoms with Gasteiger partial charge in [-0.1, -0.05) is 30.3 Å². The fourth-order valence-corrected chi connectivity index (χ4v) is 5.39. The van der Waals surface area contributed by atoms with Crippen molar-refractivity contribution in [2.24, 2.45) is 11.8 Å². The van der Waals surface area contributed by atoms with E-state index in [0.29, 0.717) is 41.6 Å². The predicted octanol–water partition coefficient (Wildman–Crippen LogP) is 3.23. The smallest absolute Gasteiger partial charge is 0.240 e. The summed E-state index contributed by atoms with van der Waals surface area (Å²) in [6, 6.07) is 16.3. The molecule has 9 heteroatoms. The number of nitrogens with zero attached hydrogens (tertiary/aromatic N) is 2. The van der Waals surface area contributed by atoms with E-state index in [2.05, 4.69) is 25.3 Å². The van der Waals surface area contributed by atoms with Crippen molar-refractivity contribution < 1.29 is 13.5 Å². The Hall–Kier alpha value is -2.75. The molecule has 0 amide bonds. The van der Waals surface area contributed by atoms with E-state index in [1.54, 1.807) is 24.3 Å². The first-order valence-electron chi connectivity index (χ1n) is 11.5. The Morgan fingerprint density at radius 3 is 2.24 bits per heavy atom. The highest BCUT2D eigenvalue weighted by atomic mass is 32.2. The van der Waals surface area contributed by atoms with Gasteiger partial charge in [0.2, 0.25) is 16.0 Å². The fourth-order valence-electron chi connectivity index (χ4n) is 4.25. The van der Waals surface area contributed by atoms with Crippen molar-refractivity contribution >= 4 is 32.7 Å². The number of hydrogen-bond acceptors (Lipinski definition) is 7. The third-order valence-corrected chi connectivity index (χ3v) is 7.58. The Morgan fingerprint density at radius 2 is 1.52 bits per heavy atom. The lowest BCUT2D eigenvalue weighted by molar-refractivity contribution is 0.284. The number of rotatable bonds is 10. The first-order chi connectivity index (χ1) is 16.0. The second-order valence-corrected chi connectivity index (χ2v) is 10.3. The molecule has 8 nitrogen and oxygen atoms in total. The average Bonchev–Trinajstić information content (AvgIpc) is 2.86. The summed E-state index contributed by atoms with van der Waals surface area (Å²) in [6.45, 7) is 1.72. The summed E-state index contributed by atoms with van der Waals surface area (Å²) in [4.78, 5) is 9.54. The van der Waals surface area contributed by atoms with Gasteiger partial charge in [0.05, 0.1) is 17.0 Å². The molecule has 176 valence electrons. The molecule has 3 aromatic rings. The van der Waals surface area contributed by atoms with Crippen molar-refractivity contribution in [1.29, 1.82) is 0 Å². The van der Waals surface area contributed by atoms with Crippen LogP contribution in [-0.4, -0.2) is 49.7 Å². The maximum atomic E-state index is 12.4. The largest absolute Gasteiger partial charge is 0.395 e. The Morgan fingerprint density at radius 1 is 0.848 bits per heavy atom. The molecule has 0 radical (unpaired) electrons. The van der Waals surface area contributed by atoms with Crippen molar-refractivity contribution in [2.75, 3.05) is 36.9 Å². The molecule has 0 unspecified atom stereocenters. The minimum Gasteiger partial charge on any atom is -0.395 e. The second kappa shape index (κ2) is 10.9. The van der Waals surface area contributed by atoms with Crippen LogP contribution >= 0.6 is 0 Å². The van der Waals surface area contributed by atoms with Crippen LogP contribution in [0.5, 0.6) is 0 Å². The second-order valence-electron chi connectivity index (χ2n) is 8.50. The predicted molar refractivity (Wildman–Crippen MR) is 131 cm³/mol. The van der Waals surface area contributed by atoms with Crippen LogP contribution in [0.4, 0.5) is 11.8 Å². The number of aliphatic hydroxyl groups excluding tert-OH is 1. The maximum Gasteiger partial charge on any atom is 0.240 e. The standard InChI is InChI=1S/C24H31N5O3S/c30-15-14-25-23-21-8-4-5-9-22(21)28-24(29-23)26-16-18-10-12-19(13-11-18)17-27-33(31,32)20-6-2-1-3-7-20/h1-9,18-19,27,30H,10-17H2,(H2,25,26,28,29). The Labute approximate surface area is 194 Å². The third-order valence-electron chi connectivity index (χ3n) is 6.14. The van der Waals surface area contributed by atoms with E-state index in [1.165, 1.54) is 0 Å². The summed E-state index contributed by atoms with van der Waals surface area (Å²) in [6.07, 6.45) is 4.05. The van der Waals surface area contributed by atoms with Gasteiger partial charge in [0.1, 0.15) is 5.82 Å². The van der Waals surface area contributed by atoms with E-state index < -0.39 is 10.0 Å². The van der Waals surface area contributed by atoms with Gasteiger partial charge < -0.3 is 15.7 Å². The summed E-state index contributed by atoms with van der Waals surface area (Å²) >= 11 is 0. The highest BCUT2D eigenvalue weighted by Gasteiger charge is 2.23. The highest BCUT2D eigenvalue weighted by molar-refractivity contribution is 7.89. The van der Waals surface area contributed by atoms with Crippen LogP contribution < -0.4 is 15.4 Å². The number of aromatic nitrogens is 2. The fraction of sp³-hybridized carbons (Fsp3) is 0.417. The minimum absolute atomic E-state index is 0.0336. The number of nitrogens with one attached hydrogen (secondary N) is 3. The number of hydrogen-bond donors (Lipinski definition) is 4. The normalized spacial score (nSPS) is 18.8. The molecule has 1 saturated carbocycles.